The molecule has 0 bridgehead atoms. The van der Waals surface area contributed by atoms with E-state index in [0.717, 1.165) is 24.3 Å². The van der Waals surface area contributed by atoms with Gasteiger partial charge in [-0.2, -0.15) is 30.4 Å². The van der Waals surface area contributed by atoms with Crippen molar-refractivity contribution < 1.29 is 34.9 Å². The molecule has 0 unspecified atom stereocenters. The van der Waals surface area contributed by atoms with Gasteiger partial charge in [-0.15, -0.1) is 0 Å². The van der Waals surface area contributed by atoms with E-state index in [0.29, 0.717) is 0 Å². The van der Waals surface area contributed by atoms with Gasteiger partial charge in [0.05, 0.1) is 4.90 Å². The third-order valence-electron chi connectivity index (χ3n) is 2.06. The lowest BCUT2D eigenvalue weighted by molar-refractivity contribution is -0.281. The first-order chi connectivity index (χ1) is 7.93. The lowest BCUT2D eigenvalue weighted by Crippen LogP contribution is -2.38. The van der Waals surface area contributed by atoms with Gasteiger partial charge in [0.15, 0.2) is 0 Å². The molecule has 1 N–H and O–H groups in total. The maximum absolute atomic E-state index is 12.7. The molecule has 1 rings (SSSR count). The van der Waals surface area contributed by atoms with Gasteiger partial charge in [0.25, 0.3) is 10.1 Å². The second-order valence-electron chi connectivity index (χ2n) is 3.50. The first-order valence-electron chi connectivity index (χ1n) is 4.44. The number of hydrogen-bond donors (Lipinski definition) is 1. The van der Waals surface area contributed by atoms with Crippen LogP contribution in [0.4, 0.5) is 22.0 Å². The molecule has 18 heavy (non-hydrogen) atoms. The van der Waals surface area contributed by atoms with Crippen LogP contribution in [0, 0.1) is 0 Å². The van der Waals surface area contributed by atoms with Gasteiger partial charge >= 0.3 is 12.1 Å². The van der Waals surface area contributed by atoms with Crippen LogP contribution in [0.3, 0.4) is 0 Å². The third-order valence-corrected chi connectivity index (χ3v) is 2.93. The predicted octanol–water partition coefficient (Wildman–Crippen LogP) is 2.67. The molecular weight excluding hydrogens is 283 g/mol. The van der Waals surface area contributed by atoms with E-state index in [4.69, 9.17) is 4.55 Å². The predicted molar refractivity (Wildman–Crippen MR) is 51.0 cm³/mol. The number of benzene rings is 1. The van der Waals surface area contributed by atoms with Crippen LogP contribution in [0.15, 0.2) is 29.2 Å². The smallest absolute Gasteiger partial charge is 0.282 e. The number of halogens is 5. The third kappa shape index (κ3) is 3.39. The van der Waals surface area contributed by atoms with Crippen LogP contribution < -0.4 is 0 Å². The highest BCUT2D eigenvalue weighted by Gasteiger charge is 2.56. The maximum atomic E-state index is 12.7. The van der Waals surface area contributed by atoms with Crippen LogP contribution in [0.1, 0.15) is 5.56 Å². The van der Waals surface area contributed by atoms with Gasteiger partial charge in [-0.3, -0.25) is 4.55 Å². The molecule has 0 aromatic heterocycles. The van der Waals surface area contributed by atoms with Crippen molar-refractivity contribution in [2.75, 3.05) is 0 Å². The fraction of sp³-hybridized carbons (Fsp3) is 0.333. The Morgan fingerprint density at radius 1 is 1.00 bits per heavy atom. The zero-order valence-corrected chi connectivity index (χ0v) is 9.39. The standard InChI is InChI=1S/C9H7F5O3S/c10-8(11,9(12,13)14)5-6-1-3-7(4-2-6)18(15,16)17/h1-4H,5H2,(H,15,16,17). The highest BCUT2D eigenvalue weighted by Crippen LogP contribution is 2.38. The molecule has 1 aromatic rings. The summed E-state index contributed by atoms with van der Waals surface area (Å²) in [5, 5.41) is 0. The fourth-order valence-electron chi connectivity index (χ4n) is 1.14. The molecule has 0 aliphatic heterocycles. The highest BCUT2D eigenvalue weighted by molar-refractivity contribution is 7.85. The van der Waals surface area contributed by atoms with Crippen molar-refractivity contribution >= 4 is 10.1 Å². The first kappa shape index (κ1) is 14.8. The molecule has 0 fully saturated rings. The van der Waals surface area contributed by atoms with Crippen molar-refractivity contribution in [3.63, 3.8) is 0 Å². The van der Waals surface area contributed by atoms with Gasteiger partial charge in [-0.1, -0.05) is 12.1 Å². The van der Waals surface area contributed by atoms with E-state index in [1.54, 1.807) is 0 Å². The average molecular weight is 290 g/mol. The second kappa shape index (κ2) is 4.47. The van der Waals surface area contributed by atoms with Crippen molar-refractivity contribution in [3.8, 4) is 0 Å². The lowest BCUT2D eigenvalue weighted by Gasteiger charge is -2.19. The molecule has 0 spiro atoms. The van der Waals surface area contributed by atoms with Gasteiger partial charge < -0.3 is 0 Å². The summed E-state index contributed by atoms with van der Waals surface area (Å²) in [6.45, 7) is 0. The molecule has 0 saturated heterocycles. The molecular formula is C9H7F5O3S. The summed E-state index contributed by atoms with van der Waals surface area (Å²) in [4.78, 5) is -0.582. The number of alkyl halides is 5. The molecule has 0 aliphatic carbocycles. The van der Waals surface area contributed by atoms with Crippen LogP contribution in [-0.2, 0) is 16.5 Å². The summed E-state index contributed by atoms with van der Waals surface area (Å²) in [7, 11) is -4.50. The van der Waals surface area contributed by atoms with E-state index in [9.17, 15) is 30.4 Å². The Labute approximate surface area is 99.0 Å². The highest BCUT2D eigenvalue weighted by atomic mass is 32.2. The van der Waals surface area contributed by atoms with Gasteiger partial charge in [-0.25, -0.2) is 0 Å². The van der Waals surface area contributed by atoms with E-state index in [1.165, 1.54) is 0 Å². The lowest BCUT2D eigenvalue weighted by atomic mass is 10.1. The summed E-state index contributed by atoms with van der Waals surface area (Å²) in [5.41, 5.74) is -0.398. The minimum Gasteiger partial charge on any atom is -0.282 e. The van der Waals surface area contributed by atoms with Gasteiger partial charge in [-0.05, 0) is 17.7 Å². The Balaban J connectivity index is 2.95. The summed E-state index contributed by atoms with van der Waals surface area (Å²) >= 11 is 0. The van der Waals surface area contributed by atoms with E-state index in [2.05, 4.69) is 0 Å². The van der Waals surface area contributed by atoms with Crippen molar-refractivity contribution in [2.24, 2.45) is 0 Å². The van der Waals surface area contributed by atoms with Crippen molar-refractivity contribution in [2.45, 2.75) is 23.4 Å². The summed E-state index contributed by atoms with van der Waals surface area (Å²) in [5.74, 6) is -4.90. The van der Waals surface area contributed by atoms with E-state index >= 15 is 0 Å². The minimum atomic E-state index is -5.67. The molecule has 102 valence electrons. The van der Waals surface area contributed by atoms with Crippen molar-refractivity contribution in [1.29, 1.82) is 0 Å². The van der Waals surface area contributed by atoms with Crippen molar-refractivity contribution in [3.05, 3.63) is 29.8 Å². The average Bonchev–Trinajstić information content (AvgIpc) is 2.14. The Kier molecular flexibility index (Phi) is 3.68. The van der Waals surface area contributed by atoms with Crippen LogP contribution in [-0.4, -0.2) is 25.1 Å². The Bertz CT molecular complexity index is 518. The van der Waals surface area contributed by atoms with E-state index in [1.807, 2.05) is 0 Å². The van der Waals surface area contributed by atoms with Crippen LogP contribution >= 0.6 is 0 Å². The van der Waals surface area contributed by atoms with Gasteiger partial charge in [0.1, 0.15) is 0 Å². The fourth-order valence-corrected chi connectivity index (χ4v) is 1.62. The normalized spacial score (nSPS) is 13.7. The van der Waals surface area contributed by atoms with E-state index < -0.39 is 39.1 Å². The zero-order valence-electron chi connectivity index (χ0n) is 8.58. The molecule has 0 aliphatic rings. The molecule has 0 radical (unpaired) electrons. The minimum absolute atomic E-state index is 0.398. The Hall–Kier alpha value is -1.22. The quantitative estimate of drug-likeness (QED) is 0.688. The summed E-state index contributed by atoms with van der Waals surface area (Å²) < 4.78 is 90.8. The van der Waals surface area contributed by atoms with Crippen molar-refractivity contribution in [1.82, 2.24) is 0 Å². The Morgan fingerprint density at radius 2 is 1.44 bits per heavy atom. The largest absolute Gasteiger partial charge is 0.453 e. The van der Waals surface area contributed by atoms with Gasteiger partial charge in [0, 0.05) is 6.42 Å². The summed E-state index contributed by atoms with van der Waals surface area (Å²) in [6, 6.07) is 3.06. The van der Waals surface area contributed by atoms with Crippen LogP contribution in [0.2, 0.25) is 0 Å². The zero-order chi connectivity index (χ0) is 14.2. The van der Waals surface area contributed by atoms with Crippen LogP contribution in [0.5, 0.6) is 0 Å². The summed E-state index contributed by atoms with van der Waals surface area (Å²) in [6.07, 6.45) is -7.27. The maximum Gasteiger partial charge on any atom is 0.453 e. The second-order valence-corrected chi connectivity index (χ2v) is 4.92. The number of hydrogen-bond acceptors (Lipinski definition) is 2. The molecule has 0 heterocycles. The number of rotatable bonds is 3. The Morgan fingerprint density at radius 3 is 1.78 bits per heavy atom. The molecule has 0 amide bonds. The van der Waals surface area contributed by atoms with Gasteiger partial charge in [0.2, 0.25) is 0 Å². The first-order valence-corrected chi connectivity index (χ1v) is 5.88. The molecule has 0 atom stereocenters. The molecule has 1 aromatic carbocycles. The van der Waals surface area contributed by atoms with E-state index in [-0.39, 0.29) is 0 Å². The monoisotopic (exact) mass is 290 g/mol. The topological polar surface area (TPSA) is 54.4 Å². The van der Waals surface area contributed by atoms with Crippen LogP contribution in [0.25, 0.3) is 0 Å². The molecule has 3 nitrogen and oxygen atoms in total. The molecule has 0 saturated carbocycles. The SMILES string of the molecule is O=S(=O)(O)c1ccc(CC(F)(F)C(F)(F)F)cc1. The molecule has 9 heteroatoms.